The number of carbonyl (C=O) groups excluding carboxylic acids is 2. The third kappa shape index (κ3) is 6.53. The van der Waals surface area contributed by atoms with Crippen LogP contribution in [0.5, 0.6) is 5.75 Å². The fourth-order valence-corrected chi connectivity index (χ4v) is 4.79. The molecule has 1 amide bonds. The molecule has 4 rings (SSSR count). The van der Waals surface area contributed by atoms with Gasteiger partial charge in [-0.15, -0.1) is 0 Å². The van der Waals surface area contributed by atoms with Crippen molar-refractivity contribution in [2.45, 2.75) is 39.8 Å². The Morgan fingerprint density at radius 2 is 2.07 bits per heavy atom. The molecule has 43 heavy (non-hydrogen) atoms. The van der Waals surface area contributed by atoms with E-state index in [1.165, 1.54) is 24.5 Å². The standard InChI is InChI=1S/C30H31F2N7O4/c1-6-43-28-21(11-22(31)12-23(28)32)15-38-26(40)9-19(3)37(16-27(41)42-5)25-14-35-30(36-29(25)38)39(17-34-4)24-10-20(13-33)8-7-18(24)2/h7-8,10-12,14,17,19H,6,9,15-16H2,1-5H3. The molecule has 1 aromatic heterocycles. The molecule has 0 saturated heterocycles. The van der Waals surface area contributed by atoms with Gasteiger partial charge in [-0.3, -0.25) is 24.4 Å². The summed E-state index contributed by atoms with van der Waals surface area (Å²) >= 11 is 0. The van der Waals surface area contributed by atoms with Crippen LogP contribution in [0.25, 0.3) is 0 Å². The van der Waals surface area contributed by atoms with E-state index in [2.05, 4.69) is 16.0 Å². The highest BCUT2D eigenvalue weighted by atomic mass is 19.1. The Balaban J connectivity index is 1.94. The molecular weight excluding hydrogens is 560 g/mol. The molecule has 0 saturated carbocycles. The summed E-state index contributed by atoms with van der Waals surface area (Å²) in [7, 11) is 2.82. The van der Waals surface area contributed by atoms with Crippen molar-refractivity contribution in [2.75, 3.05) is 42.0 Å². The van der Waals surface area contributed by atoms with E-state index in [0.29, 0.717) is 23.0 Å². The highest BCUT2D eigenvalue weighted by Gasteiger charge is 2.35. The predicted molar refractivity (Wildman–Crippen MR) is 157 cm³/mol. The first-order valence-corrected chi connectivity index (χ1v) is 13.5. The van der Waals surface area contributed by atoms with Gasteiger partial charge in [0.25, 0.3) is 0 Å². The zero-order valence-corrected chi connectivity index (χ0v) is 24.5. The van der Waals surface area contributed by atoms with Crippen LogP contribution in [0, 0.1) is 29.9 Å². The second kappa shape index (κ2) is 13.2. The van der Waals surface area contributed by atoms with Gasteiger partial charge in [-0.2, -0.15) is 10.2 Å². The number of nitriles is 1. The lowest BCUT2D eigenvalue weighted by atomic mass is 10.1. The van der Waals surface area contributed by atoms with Crippen LogP contribution in [0.4, 0.5) is 31.9 Å². The Labute approximate surface area is 248 Å². The monoisotopic (exact) mass is 591 g/mol. The van der Waals surface area contributed by atoms with Gasteiger partial charge < -0.3 is 14.4 Å². The predicted octanol–water partition coefficient (Wildman–Crippen LogP) is 4.43. The lowest BCUT2D eigenvalue weighted by Crippen LogP contribution is -2.38. The van der Waals surface area contributed by atoms with Crippen molar-refractivity contribution < 1.29 is 27.8 Å². The zero-order valence-electron chi connectivity index (χ0n) is 24.5. The number of aromatic nitrogens is 2. The molecule has 0 bridgehead atoms. The number of aliphatic imine (C=N–C) groups is 1. The number of methoxy groups -OCH3 is 1. The van der Waals surface area contributed by atoms with Gasteiger partial charge in [-0.25, -0.2) is 13.8 Å². The maximum Gasteiger partial charge on any atom is 0.325 e. The number of aryl methyl sites for hydroxylation is 1. The maximum atomic E-state index is 14.8. The Morgan fingerprint density at radius 3 is 2.74 bits per heavy atom. The number of carbonyl (C=O) groups is 2. The summed E-state index contributed by atoms with van der Waals surface area (Å²) in [6.45, 7) is 4.91. The molecule has 13 heteroatoms. The number of benzene rings is 2. The van der Waals surface area contributed by atoms with Gasteiger partial charge in [0.15, 0.2) is 17.4 Å². The van der Waals surface area contributed by atoms with Gasteiger partial charge in [0.05, 0.1) is 55.8 Å². The topological polar surface area (TPSA) is 124 Å². The van der Waals surface area contributed by atoms with Crippen LogP contribution in [-0.2, 0) is 20.9 Å². The number of rotatable bonds is 9. The molecule has 0 N–H and O–H groups in total. The number of anilines is 4. The van der Waals surface area contributed by atoms with Gasteiger partial charge in [0.2, 0.25) is 11.9 Å². The van der Waals surface area contributed by atoms with E-state index < -0.39 is 29.6 Å². The van der Waals surface area contributed by atoms with E-state index in [-0.39, 0.29) is 49.2 Å². The zero-order chi connectivity index (χ0) is 31.3. The number of hydrogen-bond acceptors (Lipinski definition) is 9. The number of halogens is 2. The van der Waals surface area contributed by atoms with E-state index in [9.17, 15) is 23.6 Å². The molecule has 1 atom stereocenters. The number of nitrogens with zero attached hydrogens (tertiary/aromatic N) is 7. The van der Waals surface area contributed by atoms with Gasteiger partial charge in [0.1, 0.15) is 12.4 Å². The van der Waals surface area contributed by atoms with Crippen molar-refractivity contribution in [3.63, 3.8) is 0 Å². The highest BCUT2D eigenvalue weighted by molar-refractivity contribution is 5.99. The molecule has 2 aromatic carbocycles. The fourth-order valence-electron chi connectivity index (χ4n) is 4.79. The SMILES string of the molecule is CCOc1c(F)cc(F)cc1CN1C(=O)CC(C)N(CC(=O)OC)c2cnc(N(C=NC)c3cc(C#N)ccc3C)nc21. The largest absolute Gasteiger partial charge is 0.490 e. The van der Waals surface area contributed by atoms with Crippen molar-refractivity contribution >= 4 is 41.4 Å². The summed E-state index contributed by atoms with van der Waals surface area (Å²) in [6.07, 6.45) is 2.89. The molecular formula is C30H31F2N7O4. The van der Waals surface area contributed by atoms with Crippen molar-refractivity contribution in [2.24, 2.45) is 4.99 Å². The first kappa shape index (κ1) is 30.8. The first-order chi connectivity index (χ1) is 20.6. The van der Waals surface area contributed by atoms with Gasteiger partial charge >= 0.3 is 5.97 Å². The molecule has 2 heterocycles. The summed E-state index contributed by atoms with van der Waals surface area (Å²) in [5.74, 6) is -2.67. The second-order valence-electron chi connectivity index (χ2n) is 9.78. The van der Waals surface area contributed by atoms with Crippen LogP contribution >= 0.6 is 0 Å². The average molecular weight is 592 g/mol. The number of esters is 1. The fraction of sp³-hybridized carbons (Fsp3) is 0.333. The molecule has 224 valence electrons. The minimum absolute atomic E-state index is 0.0477. The number of fused-ring (bicyclic) bond motifs is 1. The minimum atomic E-state index is -0.901. The molecule has 11 nitrogen and oxygen atoms in total. The number of amides is 1. The van der Waals surface area contributed by atoms with Crippen molar-refractivity contribution in [1.82, 2.24) is 9.97 Å². The van der Waals surface area contributed by atoms with Gasteiger partial charge in [-0.05, 0) is 44.5 Å². The summed E-state index contributed by atoms with van der Waals surface area (Å²) in [6, 6.07) is 8.56. The third-order valence-corrected chi connectivity index (χ3v) is 6.88. The van der Waals surface area contributed by atoms with E-state index in [0.717, 1.165) is 11.6 Å². The average Bonchev–Trinajstić information content (AvgIpc) is 3.07. The maximum absolute atomic E-state index is 14.8. The van der Waals surface area contributed by atoms with Crippen molar-refractivity contribution in [3.8, 4) is 11.8 Å². The summed E-state index contributed by atoms with van der Waals surface area (Å²) in [5, 5.41) is 9.49. The molecule has 0 radical (unpaired) electrons. The van der Waals surface area contributed by atoms with E-state index in [1.54, 1.807) is 48.9 Å². The summed E-state index contributed by atoms with van der Waals surface area (Å²) in [4.78, 5) is 44.1. The molecule has 1 aliphatic heterocycles. The number of hydrogen-bond donors (Lipinski definition) is 0. The van der Waals surface area contributed by atoms with Crippen LogP contribution < -0.4 is 19.4 Å². The minimum Gasteiger partial charge on any atom is -0.490 e. The lowest BCUT2D eigenvalue weighted by molar-refractivity contribution is -0.139. The number of ether oxygens (including phenoxy) is 2. The molecule has 0 spiro atoms. The second-order valence-corrected chi connectivity index (χ2v) is 9.78. The Morgan fingerprint density at radius 1 is 1.30 bits per heavy atom. The van der Waals surface area contributed by atoms with Crippen LogP contribution in [-0.4, -0.2) is 61.5 Å². The van der Waals surface area contributed by atoms with Gasteiger partial charge in [-0.1, -0.05) is 6.07 Å². The quantitative estimate of drug-likeness (QED) is 0.202. The molecule has 0 fully saturated rings. The van der Waals surface area contributed by atoms with Crippen LogP contribution in [0.15, 0.2) is 41.5 Å². The van der Waals surface area contributed by atoms with E-state index in [4.69, 9.17) is 14.5 Å². The molecule has 3 aromatic rings. The molecule has 1 aliphatic rings. The third-order valence-electron chi connectivity index (χ3n) is 6.88. The van der Waals surface area contributed by atoms with Crippen LogP contribution in [0.3, 0.4) is 0 Å². The van der Waals surface area contributed by atoms with E-state index in [1.807, 2.05) is 6.92 Å². The normalized spacial score (nSPS) is 14.7. The Hall–Kier alpha value is -5.12. The highest BCUT2D eigenvalue weighted by Crippen LogP contribution is 2.38. The summed E-state index contributed by atoms with van der Waals surface area (Å²) in [5.41, 5.74) is 2.19. The lowest BCUT2D eigenvalue weighted by Gasteiger charge is -2.29. The molecule has 0 aliphatic carbocycles. The molecule has 1 unspecified atom stereocenters. The first-order valence-electron chi connectivity index (χ1n) is 13.5. The smallest absolute Gasteiger partial charge is 0.325 e. The van der Waals surface area contributed by atoms with Gasteiger partial charge in [0, 0.05) is 31.1 Å². The van der Waals surface area contributed by atoms with Crippen LogP contribution in [0.1, 0.15) is 37.0 Å². The Kier molecular flexibility index (Phi) is 9.49. The van der Waals surface area contributed by atoms with Crippen LogP contribution in [0.2, 0.25) is 0 Å². The van der Waals surface area contributed by atoms with Crippen molar-refractivity contribution in [3.05, 3.63) is 64.9 Å². The summed E-state index contributed by atoms with van der Waals surface area (Å²) < 4.78 is 39.5. The van der Waals surface area contributed by atoms with E-state index >= 15 is 0 Å². The van der Waals surface area contributed by atoms with Crippen molar-refractivity contribution in [1.29, 1.82) is 5.26 Å². The Bertz CT molecular complexity index is 1610.